The first-order chi connectivity index (χ1) is 9.47. The quantitative estimate of drug-likeness (QED) is 0.889. The molecule has 0 radical (unpaired) electrons. The number of amides is 1. The molecule has 0 spiro atoms. The van der Waals surface area contributed by atoms with Crippen molar-refractivity contribution in [3.8, 4) is 0 Å². The number of halogens is 1. The molecule has 0 heterocycles. The fourth-order valence-corrected chi connectivity index (χ4v) is 2.64. The summed E-state index contributed by atoms with van der Waals surface area (Å²) in [6.07, 6.45) is -0.629. The zero-order valence-electron chi connectivity index (χ0n) is 11.4. The van der Waals surface area contributed by atoms with E-state index >= 15 is 0 Å². The molecule has 0 saturated carbocycles. The highest BCUT2D eigenvalue weighted by molar-refractivity contribution is 9.10. The van der Waals surface area contributed by atoms with Crippen LogP contribution in [0.2, 0.25) is 0 Å². The van der Waals surface area contributed by atoms with E-state index in [1.165, 1.54) is 0 Å². The summed E-state index contributed by atoms with van der Waals surface area (Å²) in [5.41, 5.74) is 2.92. The Hall–Kier alpha value is -1.65. The Morgan fingerprint density at radius 3 is 2.60 bits per heavy atom. The molecule has 1 amide bonds. The molecule has 1 unspecified atom stereocenters. The normalized spacial score (nSPS) is 12.0. The maximum absolute atomic E-state index is 12.3. The summed E-state index contributed by atoms with van der Waals surface area (Å²) in [7, 11) is 0. The maximum Gasteiger partial charge on any atom is 0.255 e. The molecule has 0 bridgehead atoms. The van der Waals surface area contributed by atoms with Crippen molar-refractivity contribution in [3.63, 3.8) is 0 Å². The number of aliphatic hydroxyl groups excluding tert-OH is 1. The second kappa shape index (κ2) is 6.20. The first-order valence-electron chi connectivity index (χ1n) is 6.33. The van der Waals surface area contributed by atoms with Crippen molar-refractivity contribution in [2.45, 2.75) is 20.0 Å². The van der Waals surface area contributed by atoms with Gasteiger partial charge in [-0.05, 0) is 43.7 Å². The number of benzene rings is 2. The minimum atomic E-state index is -0.629. The van der Waals surface area contributed by atoms with E-state index in [4.69, 9.17) is 0 Å². The first kappa shape index (κ1) is 14.8. The lowest BCUT2D eigenvalue weighted by molar-refractivity contribution is 0.102. The van der Waals surface area contributed by atoms with Crippen LogP contribution in [0, 0.1) is 6.92 Å². The minimum absolute atomic E-state index is 0.192. The van der Waals surface area contributed by atoms with E-state index < -0.39 is 6.10 Å². The average Bonchev–Trinajstić information content (AvgIpc) is 2.37. The number of para-hydroxylation sites is 1. The third-order valence-electron chi connectivity index (χ3n) is 2.96. The first-order valence-corrected chi connectivity index (χ1v) is 7.12. The average molecular weight is 334 g/mol. The van der Waals surface area contributed by atoms with Gasteiger partial charge < -0.3 is 10.4 Å². The minimum Gasteiger partial charge on any atom is -0.389 e. The van der Waals surface area contributed by atoms with E-state index in [2.05, 4.69) is 21.2 Å². The Bertz CT molecular complexity index is 618. The molecule has 2 N–H and O–H groups in total. The smallest absolute Gasteiger partial charge is 0.255 e. The molecule has 0 saturated heterocycles. The molecule has 4 heteroatoms. The van der Waals surface area contributed by atoms with Gasteiger partial charge in [0.15, 0.2) is 0 Å². The molecule has 0 aliphatic rings. The second-order valence-electron chi connectivity index (χ2n) is 4.73. The topological polar surface area (TPSA) is 49.3 Å². The summed E-state index contributed by atoms with van der Waals surface area (Å²) in [6.45, 7) is 3.61. The standard InChI is InChI=1S/C16H16BrNO2/c1-10-7-12(9-13(17)8-10)16(20)18-15-6-4-3-5-14(15)11(2)19/h3-9,11,19H,1-2H3,(H,18,20). The van der Waals surface area contributed by atoms with Crippen LogP contribution < -0.4 is 5.32 Å². The number of aliphatic hydroxyl groups is 1. The molecule has 2 aromatic rings. The third kappa shape index (κ3) is 3.46. The molecule has 0 fully saturated rings. The van der Waals surface area contributed by atoms with Gasteiger partial charge in [-0.2, -0.15) is 0 Å². The van der Waals surface area contributed by atoms with Crippen molar-refractivity contribution in [3.05, 3.63) is 63.6 Å². The number of carbonyl (C=O) groups excluding carboxylic acids is 1. The second-order valence-corrected chi connectivity index (χ2v) is 5.65. The van der Waals surface area contributed by atoms with Crippen LogP contribution in [0.4, 0.5) is 5.69 Å². The molecule has 2 rings (SSSR count). The summed E-state index contributed by atoms with van der Waals surface area (Å²) in [6, 6.07) is 12.8. The highest BCUT2D eigenvalue weighted by Gasteiger charge is 2.12. The molecular formula is C16H16BrNO2. The lowest BCUT2D eigenvalue weighted by Gasteiger charge is -2.13. The van der Waals surface area contributed by atoms with Crippen molar-refractivity contribution in [2.24, 2.45) is 0 Å². The predicted octanol–water partition coefficient (Wildman–Crippen LogP) is 4.06. The van der Waals surface area contributed by atoms with Gasteiger partial charge in [-0.1, -0.05) is 34.1 Å². The summed E-state index contributed by atoms with van der Waals surface area (Å²) < 4.78 is 0.867. The van der Waals surface area contributed by atoms with Crippen LogP contribution in [0.1, 0.15) is 34.5 Å². The summed E-state index contributed by atoms with van der Waals surface area (Å²) >= 11 is 3.38. The van der Waals surface area contributed by atoms with Gasteiger partial charge in [-0.3, -0.25) is 4.79 Å². The number of rotatable bonds is 3. The number of nitrogens with one attached hydrogen (secondary N) is 1. The van der Waals surface area contributed by atoms with Gasteiger partial charge in [0.2, 0.25) is 0 Å². The van der Waals surface area contributed by atoms with Crippen LogP contribution in [0.3, 0.4) is 0 Å². The van der Waals surface area contributed by atoms with E-state index in [-0.39, 0.29) is 5.91 Å². The Morgan fingerprint density at radius 2 is 1.95 bits per heavy atom. The fourth-order valence-electron chi connectivity index (χ4n) is 2.04. The van der Waals surface area contributed by atoms with Gasteiger partial charge in [0, 0.05) is 21.3 Å². The summed E-state index contributed by atoms with van der Waals surface area (Å²) in [4.78, 5) is 12.3. The lowest BCUT2D eigenvalue weighted by Crippen LogP contribution is -2.14. The van der Waals surface area contributed by atoms with Crippen LogP contribution >= 0.6 is 15.9 Å². The highest BCUT2D eigenvalue weighted by Crippen LogP contribution is 2.23. The molecule has 3 nitrogen and oxygen atoms in total. The zero-order valence-corrected chi connectivity index (χ0v) is 12.9. The molecule has 0 aromatic heterocycles. The Balaban J connectivity index is 2.28. The van der Waals surface area contributed by atoms with Gasteiger partial charge in [0.25, 0.3) is 5.91 Å². The predicted molar refractivity (Wildman–Crippen MR) is 83.9 cm³/mol. The van der Waals surface area contributed by atoms with Gasteiger partial charge in [-0.25, -0.2) is 0 Å². The molecule has 20 heavy (non-hydrogen) atoms. The van der Waals surface area contributed by atoms with Crippen LogP contribution in [-0.4, -0.2) is 11.0 Å². The monoisotopic (exact) mass is 333 g/mol. The van der Waals surface area contributed by atoms with Crippen molar-refractivity contribution >= 4 is 27.5 Å². The molecule has 2 aromatic carbocycles. The Morgan fingerprint density at radius 1 is 1.25 bits per heavy atom. The van der Waals surface area contributed by atoms with E-state index in [1.807, 2.05) is 31.2 Å². The summed E-state index contributed by atoms with van der Waals surface area (Å²) in [5, 5.41) is 12.6. The van der Waals surface area contributed by atoms with Crippen LogP contribution in [0.25, 0.3) is 0 Å². The summed E-state index contributed by atoms with van der Waals surface area (Å²) in [5.74, 6) is -0.192. The van der Waals surface area contributed by atoms with Crippen molar-refractivity contribution < 1.29 is 9.90 Å². The molecule has 104 valence electrons. The SMILES string of the molecule is Cc1cc(Br)cc(C(=O)Nc2ccccc2C(C)O)c1. The van der Waals surface area contributed by atoms with E-state index in [1.54, 1.807) is 25.1 Å². The van der Waals surface area contributed by atoms with E-state index in [0.29, 0.717) is 16.8 Å². The maximum atomic E-state index is 12.3. The van der Waals surface area contributed by atoms with E-state index in [9.17, 15) is 9.90 Å². The number of anilines is 1. The zero-order chi connectivity index (χ0) is 14.7. The molecule has 0 aliphatic heterocycles. The number of carbonyl (C=O) groups is 1. The third-order valence-corrected chi connectivity index (χ3v) is 3.42. The number of aryl methyl sites for hydroxylation is 1. The fraction of sp³-hybridized carbons (Fsp3) is 0.188. The molecule has 0 aliphatic carbocycles. The lowest BCUT2D eigenvalue weighted by atomic mass is 10.1. The van der Waals surface area contributed by atoms with Crippen molar-refractivity contribution in [1.29, 1.82) is 0 Å². The highest BCUT2D eigenvalue weighted by atomic mass is 79.9. The van der Waals surface area contributed by atoms with Crippen molar-refractivity contribution in [1.82, 2.24) is 0 Å². The van der Waals surface area contributed by atoms with Gasteiger partial charge in [-0.15, -0.1) is 0 Å². The largest absolute Gasteiger partial charge is 0.389 e. The van der Waals surface area contributed by atoms with Crippen LogP contribution in [-0.2, 0) is 0 Å². The van der Waals surface area contributed by atoms with Crippen molar-refractivity contribution in [2.75, 3.05) is 5.32 Å². The van der Waals surface area contributed by atoms with Gasteiger partial charge in [0.05, 0.1) is 6.10 Å². The number of hydrogen-bond acceptors (Lipinski definition) is 2. The molecule has 1 atom stereocenters. The van der Waals surface area contributed by atoms with Gasteiger partial charge in [0.1, 0.15) is 0 Å². The Kier molecular flexibility index (Phi) is 4.57. The molecular weight excluding hydrogens is 318 g/mol. The van der Waals surface area contributed by atoms with E-state index in [0.717, 1.165) is 10.0 Å². The van der Waals surface area contributed by atoms with Crippen LogP contribution in [0.5, 0.6) is 0 Å². The van der Waals surface area contributed by atoms with Gasteiger partial charge >= 0.3 is 0 Å². The van der Waals surface area contributed by atoms with Crippen LogP contribution in [0.15, 0.2) is 46.9 Å². The number of hydrogen-bond donors (Lipinski definition) is 2. The Labute approximate surface area is 126 Å².